The standard InChI is InChI=1S/C52H87NO22/c1-13-34-31(23-67-50-47(66-12)46(65-11)39(59)27(5)69-50)18-24(2)14-15-32(56)25(3)19-30(16-17-54)43(26(4)33(57)20-36(58)71-34)74-51-45(75-49-42(62)41(61)40(60)35(22-55)72-49)38(53(9)10)44(28(6)70-51)73-37-21-52(8,64)48(63)29(7)68-37/h14-15,17-18,25-31,33-35,37-51,55,57,59-64H,13,16,19-23H2,1-12H3/p+1/b15-14+,24-18+/t25-,26+,27-,28-,29+,30+,31-,33-,34-,35-,37+,38+,39-,40-,41+,42-,43-,44-,45-,46-,47-,48+,49+,50-,51+,52-/m1/s1. The quantitative estimate of drug-likeness (QED) is 0.0611. The molecule has 23 heteroatoms. The predicted octanol–water partition coefficient (Wildman–Crippen LogP) is -1.76. The molecule has 26 atom stereocenters. The fraction of sp³-hybridized carbons (Fsp3) is 0.865. The van der Waals surface area contributed by atoms with E-state index in [2.05, 4.69) is 0 Å². The number of quaternary nitrogens is 1. The van der Waals surface area contributed by atoms with E-state index in [1.807, 2.05) is 13.0 Å². The number of nitrogens with one attached hydrogen (secondary N) is 1. The number of allylic oxidation sites excluding steroid dienone is 3. The van der Waals surface area contributed by atoms with Gasteiger partial charge in [-0.15, -0.1) is 0 Å². The molecule has 0 unspecified atom stereocenters. The molecule has 0 aromatic heterocycles. The van der Waals surface area contributed by atoms with Crippen LogP contribution in [0.25, 0.3) is 0 Å². The van der Waals surface area contributed by atoms with Crippen LogP contribution in [-0.2, 0) is 66.5 Å². The van der Waals surface area contributed by atoms with E-state index in [9.17, 15) is 55.2 Å². The van der Waals surface area contributed by atoms with Crippen molar-refractivity contribution in [3.63, 3.8) is 0 Å². The van der Waals surface area contributed by atoms with E-state index in [4.69, 9.17) is 52.1 Å². The van der Waals surface area contributed by atoms with Crippen LogP contribution in [0.1, 0.15) is 87.5 Å². The number of hydrogen-bond acceptors (Lipinski definition) is 22. The van der Waals surface area contributed by atoms with Crippen molar-refractivity contribution in [1.29, 1.82) is 0 Å². The highest BCUT2D eigenvalue weighted by Crippen LogP contribution is 2.38. The summed E-state index contributed by atoms with van der Waals surface area (Å²) in [5, 5.41) is 87.6. The molecule has 0 aromatic carbocycles. The molecule has 5 heterocycles. The van der Waals surface area contributed by atoms with Crippen molar-refractivity contribution in [2.45, 2.75) is 222 Å². The molecular formula is C52H88NO22+. The Kier molecular flexibility index (Phi) is 23.7. The van der Waals surface area contributed by atoms with Gasteiger partial charge in [-0.1, -0.05) is 38.5 Å². The van der Waals surface area contributed by atoms with Crippen molar-refractivity contribution in [2.75, 3.05) is 41.5 Å². The minimum absolute atomic E-state index is 0.0560. The van der Waals surface area contributed by atoms with E-state index < -0.39 is 177 Å². The fourth-order valence-electron chi connectivity index (χ4n) is 11.1. The molecule has 0 aliphatic carbocycles. The first-order valence-electron chi connectivity index (χ1n) is 26.3. The van der Waals surface area contributed by atoms with Crippen LogP contribution in [-0.4, -0.2) is 235 Å². The number of ether oxygens (including phenoxy) is 11. The Morgan fingerprint density at radius 1 is 0.760 bits per heavy atom. The normalized spacial score (nSPS) is 47.2. The van der Waals surface area contributed by atoms with Crippen LogP contribution in [0.4, 0.5) is 0 Å². The van der Waals surface area contributed by atoms with Gasteiger partial charge < -0.3 is 103 Å². The number of carbonyl (C=O) groups is 3. The third-order valence-electron chi connectivity index (χ3n) is 15.6. The average Bonchev–Trinajstić information content (AvgIpc) is 3.35. The molecule has 0 amide bonds. The number of likely N-dealkylation sites (N-methyl/N-ethyl adjacent to an activating group) is 1. The fourth-order valence-corrected chi connectivity index (χ4v) is 11.1. The number of ketones is 1. The second-order valence-electron chi connectivity index (χ2n) is 21.7. The van der Waals surface area contributed by atoms with Crippen LogP contribution < -0.4 is 4.90 Å². The van der Waals surface area contributed by atoms with Gasteiger partial charge in [0.2, 0.25) is 0 Å². The van der Waals surface area contributed by atoms with Gasteiger partial charge in [-0.2, -0.15) is 0 Å². The van der Waals surface area contributed by atoms with E-state index in [0.717, 1.165) is 0 Å². The van der Waals surface area contributed by atoms with Gasteiger partial charge in [0.25, 0.3) is 0 Å². The zero-order valence-electron chi connectivity index (χ0n) is 45.5. The van der Waals surface area contributed by atoms with Gasteiger partial charge in [0.15, 0.2) is 37.0 Å². The van der Waals surface area contributed by atoms with E-state index in [1.165, 1.54) is 27.2 Å². The first-order chi connectivity index (χ1) is 35.3. The summed E-state index contributed by atoms with van der Waals surface area (Å²) in [4.78, 5) is 41.4. The number of esters is 1. The number of aldehydes is 1. The molecule has 5 rings (SSSR count). The summed E-state index contributed by atoms with van der Waals surface area (Å²) in [6.45, 7) is 12.5. The number of methoxy groups -OCH3 is 2. The van der Waals surface area contributed by atoms with E-state index in [0.29, 0.717) is 23.2 Å². The highest BCUT2D eigenvalue weighted by Gasteiger charge is 2.57. The minimum atomic E-state index is -1.86. The van der Waals surface area contributed by atoms with Crippen molar-refractivity contribution in [3.8, 4) is 0 Å². The zero-order valence-corrected chi connectivity index (χ0v) is 45.5. The van der Waals surface area contributed by atoms with E-state index in [-0.39, 0.29) is 31.7 Å². The summed E-state index contributed by atoms with van der Waals surface area (Å²) in [5.41, 5.74) is -0.964. The molecule has 0 spiro atoms. The van der Waals surface area contributed by atoms with E-state index >= 15 is 0 Å². The molecule has 0 bridgehead atoms. The summed E-state index contributed by atoms with van der Waals surface area (Å²) in [6.07, 6.45) is -18.9. The van der Waals surface area contributed by atoms with Crippen LogP contribution in [0.15, 0.2) is 23.8 Å². The lowest BCUT2D eigenvalue weighted by Gasteiger charge is -2.51. The van der Waals surface area contributed by atoms with Crippen LogP contribution >= 0.6 is 0 Å². The molecule has 75 heavy (non-hydrogen) atoms. The Hall–Kier alpha value is -2.47. The summed E-state index contributed by atoms with van der Waals surface area (Å²) >= 11 is 0. The Morgan fingerprint density at radius 2 is 1.41 bits per heavy atom. The summed E-state index contributed by atoms with van der Waals surface area (Å²) in [7, 11) is 6.45. The largest absolute Gasteiger partial charge is 0.462 e. The lowest BCUT2D eigenvalue weighted by Crippen LogP contribution is -3.14. The van der Waals surface area contributed by atoms with Gasteiger partial charge in [0, 0.05) is 44.8 Å². The van der Waals surface area contributed by atoms with Crippen molar-refractivity contribution < 1.29 is 112 Å². The topological polar surface area (TPSA) is 319 Å². The first-order valence-corrected chi connectivity index (χ1v) is 26.3. The molecule has 4 fully saturated rings. The summed E-state index contributed by atoms with van der Waals surface area (Å²) in [5.74, 6) is -4.17. The Morgan fingerprint density at radius 3 is 2.01 bits per heavy atom. The molecule has 5 aliphatic heterocycles. The average molecular weight is 1080 g/mol. The molecule has 0 radical (unpaired) electrons. The zero-order chi connectivity index (χ0) is 55.8. The lowest BCUT2D eigenvalue weighted by molar-refractivity contribution is -0.899. The molecule has 0 aromatic rings. The highest BCUT2D eigenvalue weighted by atomic mass is 16.8. The minimum Gasteiger partial charge on any atom is -0.462 e. The number of aliphatic hydroxyl groups is 8. The highest BCUT2D eigenvalue weighted by molar-refractivity contribution is 5.91. The molecular weight excluding hydrogens is 991 g/mol. The van der Waals surface area contributed by atoms with Crippen LogP contribution in [0.5, 0.6) is 0 Å². The molecule has 432 valence electrons. The number of hydrogen-bond donors (Lipinski definition) is 9. The SMILES string of the molecule is CC[C@H]1OC(=O)C[C@@H](O)[C@H](C)[C@@H](O[C@@H]2O[C@H](C)[C@@H](O[C@H]3C[C@@](C)(O)[C@@H](O)[C@H](C)O3)[C@H]([NH+](C)C)[C@H]2O[C@@H]2O[C@H](CO)[C@@H](O)[C@H](O)[C@H]2O)[C@@H](CC=O)C[C@@H](C)C(=O)/C=C/C(C)=C/[C@@H]1CO[C@@H]1O[C@H](C)[C@@H](O)[C@@H](OC)[C@H]1OC. The molecule has 23 nitrogen and oxygen atoms in total. The Balaban J connectivity index is 1.52. The van der Waals surface area contributed by atoms with Crippen molar-refractivity contribution >= 4 is 18.0 Å². The van der Waals surface area contributed by atoms with Crippen LogP contribution in [0.2, 0.25) is 0 Å². The van der Waals surface area contributed by atoms with Gasteiger partial charge >= 0.3 is 5.97 Å². The lowest BCUT2D eigenvalue weighted by atomic mass is 9.79. The molecule has 0 saturated carbocycles. The van der Waals surface area contributed by atoms with Crippen LogP contribution in [0, 0.1) is 23.7 Å². The van der Waals surface area contributed by atoms with Gasteiger partial charge in [0.1, 0.15) is 73.4 Å². The van der Waals surface area contributed by atoms with Gasteiger partial charge in [0.05, 0.1) is 69.9 Å². The predicted molar refractivity (Wildman–Crippen MR) is 262 cm³/mol. The Labute approximate surface area is 440 Å². The van der Waals surface area contributed by atoms with E-state index in [1.54, 1.807) is 61.7 Å². The maximum atomic E-state index is 14.1. The van der Waals surface area contributed by atoms with Crippen molar-refractivity contribution in [3.05, 3.63) is 23.8 Å². The third-order valence-corrected chi connectivity index (χ3v) is 15.6. The Bertz CT molecular complexity index is 1870. The molecule has 5 aliphatic rings. The number of aliphatic hydroxyl groups excluding tert-OH is 7. The second-order valence-corrected chi connectivity index (χ2v) is 21.7. The molecule has 4 saturated heterocycles. The van der Waals surface area contributed by atoms with Gasteiger partial charge in [-0.3, -0.25) is 9.59 Å². The van der Waals surface area contributed by atoms with Crippen molar-refractivity contribution in [2.24, 2.45) is 23.7 Å². The third kappa shape index (κ3) is 15.5. The summed E-state index contributed by atoms with van der Waals surface area (Å²) < 4.78 is 68.2. The number of cyclic esters (lactones) is 1. The molecule has 9 N–H and O–H groups in total. The smallest absolute Gasteiger partial charge is 0.308 e. The van der Waals surface area contributed by atoms with Gasteiger partial charge in [-0.25, -0.2) is 0 Å². The number of carbonyl (C=O) groups excluding carboxylic acids is 3. The maximum Gasteiger partial charge on any atom is 0.308 e. The van der Waals surface area contributed by atoms with Crippen LogP contribution in [0.3, 0.4) is 0 Å². The monoisotopic (exact) mass is 1080 g/mol. The second kappa shape index (κ2) is 28.1. The first kappa shape index (κ1) is 63.4. The van der Waals surface area contributed by atoms with Gasteiger partial charge in [-0.05, 0) is 59.5 Å². The van der Waals surface area contributed by atoms with Crippen molar-refractivity contribution in [1.82, 2.24) is 0 Å². The maximum absolute atomic E-state index is 14.1. The number of rotatable bonds is 16. The summed E-state index contributed by atoms with van der Waals surface area (Å²) in [6, 6.07) is -0.848.